The Bertz CT molecular complexity index is 1910. The predicted molar refractivity (Wildman–Crippen MR) is 160 cm³/mol. The van der Waals surface area contributed by atoms with E-state index in [1.54, 1.807) is 24.0 Å². The minimum Gasteiger partial charge on any atom is -0.463 e. The highest BCUT2D eigenvalue weighted by atomic mass is 32.1. The van der Waals surface area contributed by atoms with Crippen LogP contribution in [0.3, 0.4) is 0 Å². The lowest BCUT2D eigenvalue weighted by molar-refractivity contribution is -0.138. The third-order valence-corrected chi connectivity index (χ3v) is 8.47. The SMILES string of the molecule is CCCCN1C(=O)/C(=c2/sc3n(c2=O)[C@@H](c2ccc(F)cc2)C(C(=O)OCC)=C(c2ccccc2)N=3)c2ccccc21. The molecule has 6 rings (SSSR count). The summed E-state index contributed by atoms with van der Waals surface area (Å²) >= 11 is 1.12. The fourth-order valence-electron chi connectivity index (χ4n) is 5.49. The first-order chi connectivity index (χ1) is 20.4. The number of esters is 1. The van der Waals surface area contributed by atoms with Gasteiger partial charge in [-0.05, 0) is 37.1 Å². The van der Waals surface area contributed by atoms with Crippen LogP contribution in [0.4, 0.5) is 10.1 Å². The van der Waals surface area contributed by atoms with Crippen LogP contribution in [-0.4, -0.2) is 29.6 Å². The molecule has 3 aromatic carbocycles. The van der Waals surface area contributed by atoms with E-state index in [1.807, 2.05) is 54.6 Å². The number of aromatic nitrogens is 1. The first-order valence-electron chi connectivity index (χ1n) is 13.9. The van der Waals surface area contributed by atoms with Crippen molar-refractivity contribution in [1.82, 2.24) is 4.57 Å². The van der Waals surface area contributed by atoms with Crippen LogP contribution in [0.15, 0.2) is 94.2 Å². The van der Waals surface area contributed by atoms with Crippen molar-refractivity contribution in [2.24, 2.45) is 4.99 Å². The molecule has 1 aromatic heterocycles. The zero-order chi connectivity index (χ0) is 29.4. The van der Waals surface area contributed by atoms with Crippen molar-refractivity contribution < 1.29 is 18.7 Å². The van der Waals surface area contributed by atoms with E-state index in [-0.39, 0.29) is 22.6 Å². The number of halogens is 1. The predicted octanol–water partition coefficient (Wildman–Crippen LogP) is 4.59. The van der Waals surface area contributed by atoms with Gasteiger partial charge < -0.3 is 9.64 Å². The van der Waals surface area contributed by atoms with Gasteiger partial charge in [-0.3, -0.25) is 14.2 Å². The average Bonchev–Trinajstić information content (AvgIpc) is 3.48. The van der Waals surface area contributed by atoms with E-state index in [0.717, 1.165) is 29.9 Å². The topological polar surface area (TPSA) is 81.0 Å². The van der Waals surface area contributed by atoms with Gasteiger partial charge in [-0.25, -0.2) is 14.2 Å². The van der Waals surface area contributed by atoms with Crippen LogP contribution in [0.25, 0.3) is 11.3 Å². The number of nitrogens with zero attached hydrogens (tertiary/aromatic N) is 3. The molecule has 0 unspecified atom stereocenters. The molecule has 0 bridgehead atoms. The summed E-state index contributed by atoms with van der Waals surface area (Å²) in [6.07, 6.45) is 1.74. The first kappa shape index (κ1) is 27.5. The molecule has 7 nitrogen and oxygen atoms in total. The van der Waals surface area contributed by atoms with Gasteiger partial charge in [-0.2, -0.15) is 0 Å². The van der Waals surface area contributed by atoms with E-state index >= 15 is 0 Å². The molecular formula is C33H28FN3O4S. The second-order valence-corrected chi connectivity index (χ2v) is 11.0. The van der Waals surface area contributed by atoms with E-state index in [1.165, 1.54) is 16.7 Å². The molecule has 2 aliphatic rings. The van der Waals surface area contributed by atoms with Gasteiger partial charge >= 0.3 is 5.97 Å². The molecule has 0 saturated heterocycles. The summed E-state index contributed by atoms with van der Waals surface area (Å²) in [6.45, 7) is 4.43. The van der Waals surface area contributed by atoms with Crippen LogP contribution < -0.4 is 19.8 Å². The summed E-state index contributed by atoms with van der Waals surface area (Å²) in [5.41, 5.74) is 3.05. The number of ether oxygens (including phenoxy) is 1. The van der Waals surface area contributed by atoms with E-state index in [4.69, 9.17) is 9.73 Å². The normalized spacial score (nSPS) is 17.2. The van der Waals surface area contributed by atoms with E-state index in [9.17, 15) is 18.8 Å². The minimum atomic E-state index is -0.951. The van der Waals surface area contributed by atoms with Gasteiger partial charge in [-0.15, -0.1) is 0 Å². The van der Waals surface area contributed by atoms with Crippen LogP contribution in [0.2, 0.25) is 0 Å². The Morgan fingerprint density at radius 3 is 2.40 bits per heavy atom. The summed E-state index contributed by atoms with van der Waals surface area (Å²) in [4.78, 5) is 48.7. The summed E-state index contributed by atoms with van der Waals surface area (Å²) < 4.78 is 21.2. The molecule has 3 heterocycles. The van der Waals surface area contributed by atoms with Gasteiger partial charge in [0.2, 0.25) is 0 Å². The molecule has 0 aliphatic carbocycles. The monoisotopic (exact) mass is 581 g/mol. The Balaban J connectivity index is 1.68. The minimum absolute atomic E-state index is 0.119. The van der Waals surface area contributed by atoms with Crippen LogP contribution in [0.1, 0.15) is 49.4 Å². The van der Waals surface area contributed by atoms with Gasteiger partial charge in [0.15, 0.2) is 4.80 Å². The van der Waals surface area contributed by atoms with Crippen molar-refractivity contribution in [3.63, 3.8) is 0 Å². The first-order valence-corrected chi connectivity index (χ1v) is 14.7. The summed E-state index contributed by atoms with van der Waals surface area (Å²) in [5.74, 6) is -1.31. The van der Waals surface area contributed by atoms with Crippen LogP contribution in [0.5, 0.6) is 0 Å². The van der Waals surface area contributed by atoms with Crippen molar-refractivity contribution in [3.05, 3.63) is 127 Å². The lowest BCUT2D eigenvalue weighted by Crippen LogP contribution is -2.41. The molecule has 1 atom stereocenters. The van der Waals surface area contributed by atoms with Gasteiger partial charge in [0.1, 0.15) is 10.3 Å². The van der Waals surface area contributed by atoms with E-state index in [2.05, 4.69) is 6.92 Å². The number of unbranched alkanes of at least 4 members (excludes halogenated alkanes) is 1. The molecule has 4 aromatic rings. The van der Waals surface area contributed by atoms with Crippen LogP contribution in [0, 0.1) is 5.82 Å². The van der Waals surface area contributed by atoms with Crippen molar-refractivity contribution in [2.75, 3.05) is 18.1 Å². The maximum atomic E-state index is 14.4. The fourth-order valence-corrected chi connectivity index (χ4v) is 6.58. The number of fused-ring (bicyclic) bond motifs is 2. The number of anilines is 1. The Labute approximate surface area is 245 Å². The van der Waals surface area contributed by atoms with Crippen LogP contribution in [-0.2, 0) is 14.3 Å². The van der Waals surface area contributed by atoms with Gasteiger partial charge in [-0.1, -0.05) is 85.3 Å². The third-order valence-electron chi connectivity index (χ3n) is 7.42. The maximum Gasteiger partial charge on any atom is 0.338 e. The number of carbonyl (C=O) groups is 2. The molecule has 0 radical (unpaired) electrons. The number of amides is 1. The number of benzene rings is 3. The lowest BCUT2D eigenvalue weighted by Gasteiger charge is -2.25. The molecular weight excluding hydrogens is 553 g/mol. The second-order valence-electron chi connectivity index (χ2n) is 10.0. The number of hydrogen-bond donors (Lipinski definition) is 0. The molecule has 2 aliphatic heterocycles. The number of rotatable bonds is 7. The van der Waals surface area contributed by atoms with Gasteiger partial charge in [0.25, 0.3) is 11.5 Å². The summed E-state index contributed by atoms with van der Waals surface area (Å²) in [5, 5.41) is 0. The number of thiazole rings is 1. The smallest absolute Gasteiger partial charge is 0.338 e. The van der Waals surface area contributed by atoms with Gasteiger partial charge in [0, 0.05) is 17.7 Å². The zero-order valence-electron chi connectivity index (χ0n) is 23.2. The van der Waals surface area contributed by atoms with E-state index in [0.29, 0.717) is 39.3 Å². The molecule has 42 heavy (non-hydrogen) atoms. The van der Waals surface area contributed by atoms with Crippen molar-refractivity contribution >= 4 is 40.2 Å². The third kappa shape index (κ3) is 4.59. The largest absolute Gasteiger partial charge is 0.463 e. The molecule has 0 spiro atoms. The number of carbonyl (C=O) groups excluding carboxylic acids is 2. The van der Waals surface area contributed by atoms with Gasteiger partial charge in [0.05, 0.1) is 35.2 Å². The van der Waals surface area contributed by atoms with Crippen molar-refractivity contribution in [1.29, 1.82) is 0 Å². The number of para-hydroxylation sites is 1. The Hall–Kier alpha value is -4.63. The lowest BCUT2D eigenvalue weighted by atomic mass is 9.93. The number of hydrogen-bond acceptors (Lipinski definition) is 6. The van der Waals surface area contributed by atoms with Crippen molar-refractivity contribution in [3.8, 4) is 0 Å². The molecule has 1 amide bonds. The molecule has 9 heteroatoms. The average molecular weight is 582 g/mol. The standard InChI is InChI=1S/C33H28FN3O4S/c1-3-5-19-36-24-14-10-9-13-23(24)25(30(36)38)29-31(39)37-28(21-15-17-22(34)18-16-21)26(32(40)41-4-2)27(35-33(37)42-29)20-11-7-6-8-12-20/h6-18,28H,3-5,19H2,1-2H3/b29-25+/t28-/m0/s1. The molecule has 0 N–H and O–H groups in total. The molecule has 0 saturated carbocycles. The quantitative estimate of drug-likeness (QED) is 0.299. The fraction of sp³-hybridized carbons (Fsp3) is 0.212. The Morgan fingerprint density at radius 2 is 1.69 bits per heavy atom. The highest BCUT2D eigenvalue weighted by Gasteiger charge is 2.38. The van der Waals surface area contributed by atoms with E-state index < -0.39 is 23.4 Å². The van der Waals surface area contributed by atoms with Crippen LogP contribution >= 0.6 is 11.3 Å². The molecule has 212 valence electrons. The highest BCUT2D eigenvalue weighted by molar-refractivity contribution is 7.07. The second kappa shape index (κ2) is 11.3. The molecule has 0 fully saturated rings. The summed E-state index contributed by atoms with van der Waals surface area (Å²) in [6, 6.07) is 21.4. The Kier molecular flexibility index (Phi) is 7.43. The highest BCUT2D eigenvalue weighted by Crippen LogP contribution is 2.37. The Morgan fingerprint density at radius 1 is 0.976 bits per heavy atom. The van der Waals surface area contributed by atoms with Crippen molar-refractivity contribution in [2.45, 2.75) is 32.7 Å². The summed E-state index contributed by atoms with van der Waals surface area (Å²) in [7, 11) is 0. The maximum absolute atomic E-state index is 14.4. The zero-order valence-corrected chi connectivity index (χ0v) is 24.0.